The zero-order chi connectivity index (χ0) is 28.7. The van der Waals surface area contributed by atoms with Gasteiger partial charge in [-0.1, -0.05) is 13.8 Å². The smallest absolute Gasteiger partial charge is 0.331 e. The molecule has 0 aromatic rings. The molecule has 9 heteroatoms. The zero-order valence-electron chi connectivity index (χ0n) is 24.2. The molecule has 0 aromatic heterocycles. The lowest BCUT2D eigenvalue weighted by molar-refractivity contribution is -0.315. The topological polar surface area (TPSA) is 132 Å². The summed E-state index contributed by atoms with van der Waals surface area (Å²) in [6, 6.07) is 0. The molecule has 0 spiro atoms. The average Bonchev–Trinajstić information content (AvgIpc) is 3.46. The minimum atomic E-state index is -1.12. The summed E-state index contributed by atoms with van der Waals surface area (Å²) in [6.45, 7) is 6.46. The van der Waals surface area contributed by atoms with E-state index >= 15 is 0 Å². The summed E-state index contributed by atoms with van der Waals surface area (Å²) < 4.78 is 22.8. The number of fused-ring (bicyclic) bond motifs is 5. The number of hydrogen-bond donors (Lipinski definition) is 3. The Bertz CT molecular complexity index is 1060. The Labute approximate surface area is 236 Å². The molecule has 9 nitrogen and oxygen atoms in total. The second-order valence-electron chi connectivity index (χ2n) is 14.2. The van der Waals surface area contributed by atoms with Gasteiger partial charge in [-0.2, -0.15) is 0 Å². The van der Waals surface area contributed by atoms with Crippen LogP contribution < -0.4 is 0 Å². The van der Waals surface area contributed by atoms with Crippen molar-refractivity contribution < 1.29 is 43.9 Å². The van der Waals surface area contributed by atoms with Crippen molar-refractivity contribution in [3.63, 3.8) is 0 Å². The molecule has 0 radical (unpaired) electrons. The minimum absolute atomic E-state index is 0.0268. The fourth-order valence-electron chi connectivity index (χ4n) is 10.4. The highest BCUT2D eigenvalue weighted by molar-refractivity contribution is 5.85. The SMILES string of the molecule is CO[C@H]1[C@H](O)[C@H](O[C@H]2CC[C@]3(C=O)[C@H]4CC[C@]5(C)[C@@H](C6=CC(=O)OC6)CC[C@]5(O)[C@@H]4CC[C@]3(C)C2)O[C@@H](C)[C@@H]1O. The van der Waals surface area contributed by atoms with Gasteiger partial charge in [0.05, 0.1) is 17.8 Å². The zero-order valence-corrected chi connectivity index (χ0v) is 24.2. The Kier molecular flexibility index (Phi) is 7.08. The molecular formula is C31H46O9. The van der Waals surface area contributed by atoms with Gasteiger partial charge in [-0.25, -0.2) is 4.79 Å². The van der Waals surface area contributed by atoms with Crippen LogP contribution in [0.1, 0.15) is 78.6 Å². The summed E-state index contributed by atoms with van der Waals surface area (Å²) in [6.07, 6.45) is 5.15. The number of hydrogen-bond acceptors (Lipinski definition) is 9. The van der Waals surface area contributed by atoms with E-state index in [1.54, 1.807) is 13.0 Å². The number of carbonyl (C=O) groups excluding carboxylic acids is 2. The van der Waals surface area contributed by atoms with Crippen LogP contribution in [0.2, 0.25) is 0 Å². The van der Waals surface area contributed by atoms with E-state index in [2.05, 4.69) is 13.8 Å². The largest absolute Gasteiger partial charge is 0.458 e. The molecule has 2 heterocycles. The number of aldehydes is 1. The summed E-state index contributed by atoms with van der Waals surface area (Å²) in [5.41, 5.74) is -1.08. The summed E-state index contributed by atoms with van der Waals surface area (Å²) in [4.78, 5) is 25.0. The molecule has 2 aliphatic heterocycles. The standard InChI is InChI=1S/C31H46O9/c1-17-24(34)26(37-4)25(35)27(39-17)40-19-5-11-30(16-32)21-7-10-29(3)20(18-13-23(33)38-15-18)8-12-31(29,36)22(21)6-9-28(30,2)14-19/h13,16-17,19-22,24-27,34-36H,5-12,14-15H2,1-4H3/t17-,19-,20+,21-,22+,24-,25-,26+,27-,28+,29+,30-,31-/m0/s1. The summed E-state index contributed by atoms with van der Waals surface area (Å²) in [5.74, 6) is -0.0571. The van der Waals surface area contributed by atoms with E-state index in [4.69, 9.17) is 18.9 Å². The lowest BCUT2D eigenvalue weighted by Gasteiger charge is -2.66. The number of methoxy groups -OCH3 is 1. The number of rotatable bonds is 5. The summed E-state index contributed by atoms with van der Waals surface area (Å²) in [5, 5.41) is 33.6. The maximum atomic E-state index is 13.2. The van der Waals surface area contributed by atoms with Gasteiger partial charge in [0.15, 0.2) is 6.29 Å². The Morgan fingerprint density at radius 3 is 2.45 bits per heavy atom. The molecule has 3 N–H and O–H groups in total. The second kappa shape index (κ2) is 9.85. The predicted octanol–water partition coefficient (Wildman–Crippen LogP) is 2.68. The second-order valence-corrected chi connectivity index (χ2v) is 14.2. The van der Waals surface area contributed by atoms with Crippen LogP contribution in [0.25, 0.3) is 0 Å². The fraction of sp³-hybridized carbons (Fsp3) is 0.871. The van der Waals surface area contributed by atoms with Crippen molar-refractivity contribution in [1.82, 2.24) is 0 Å². The number of esters is 1. The normalized spacial score (nSPS) is 54.1. The molecular weight excluding hydrogens is 516 g/mol. The van der Waals surface area contributed by atoms with Crippen LogP contribution in [0.15, 0.2) is 11.6 Å². The van der Waals surface area contributed by atoms with Crippen LogP contribution in [0.5, 0.6) is 0 Å². The first-order valence-electron chi connectivity index (χ1n) is 15.2. The lowest BCUT2D eigenvalue weighted by atomic mass is 9.39. The average molecular weight is 563 g/mol. The third kappa shape index (κ3) is 3.87. The van der Waals surface area contributed by atoms with Crippen LogP contribution in [0.3, 0.4) is 0 Å². The molecule has 0 bridgehead atoms. The van der Waals surface area contributed by atoms with Gasteiger partial charge < -0.3 is 39.1 Å². The summed E-state index contributed by atoms with van der Waals surface area (Å²) >= 11 is 0. The quantitative estimate of drug-likeness (QED) is 0.263. The molecule has 40 heavy (non-hydrogen) atoms. The van der Waals surface area contributed by atoms with Gasteiger partial charge in [0.1, 0.15) is 31.2 Å². The number of carbonyl (C=O) groups is 2. The molecule has 0 unspecified atom stereocenters. The molecule has 5 fully saturated rings. The maximum absolute atomic E-state index is 13.2. The van der Waals surface area contributed by atoms with Crippen LogP contribution >= 0.6 is 0 Å². The fourth-order valence-corrected chi connectivity index (χ4v) is 10.4. The Hall–Kier alpha value is -1.36. The number of aliphatic hydroxyl groups is 3. The van der Waals surface area contributed by atoms with Crippen molar-refractivity contribution in [1.29, 1.82) is 0 Å². The van der Waals surface area contributed by atoms with Crippen molar-refractivity contribution in [2.45, 2.75) is 121 Å². The van der Waals surface area contributed by atoms with E-state index in [9.17, 15) is 24.9 Å². The summed E-state index contributed by atoms with van der Waals surface area (Å²) in [7, 11) is 1.46. The molecule has 6 aliphatic rings. The van der Waals surface area contributed by atoms with Gasteiger partial charge in [0.2, 0.25) is 0 Å². The highest BCUT2D eigenvalue weighted by atomic mass is 16.7. The first-order valence-corrected chi connectivity index (χ1v) is 15.2. The Balaban J connectivity index is 1.22. The van der Waals surface area contributed by atoms with E-state index in [1.165, 1.54) is 13.4 Å². The van der Waals surface area contributed by atoms with Crippen molar-refractivity contribution in [2.24, 2.45) is 34.0 Å². The highest BCUT2D eigenvalue weighted by Gasteiger charge is 2.70. The van der Waals surface area contributed by atoms with E-state index < -0.39 is 41.7 Å². The van der Waals surface area contributed by atoms with E-state index in [1.807, 2.05) is 0 Å². The molecule has 13 atom stereocenters. The monoisotopic (exact) mass is 562 g/mol. The van der Waals surface area contributed by atoms with Gasteiger partial charge in [-0.05, 0) is 93.5 Å². The molecule has 224 valence electrons. The lowest BCUT2D eigenvalue weighted by Crippen LogP contribution is -2.66. The van der Waals surface area contributed by atoms with Crippen LogP contribution in [0, 0.1) is 34.0 Å². The van der Waals surface area contributed by atoms with Crippen LogP contribution in [0.4, 0.5) is 0 Å². The number of ether oxygens (including phenoxy) is 4. The Morgan fingerprint density at radius 1 is 1.02 bits per heavy atom. The van der Waals surface area contributed by atoms with Crippen molar-refractivity contribution in [3.8, 4) is 0 Å². The molecule has 1 saturated heterocycles. The first-order chi connectivity index (χ1) is 18.9. The molecule has 6 rings (SSSR count). The van der Waals surface area contributed by atoms with E-state index in [-0.39, 0.29) is 40.7 Å². The van der Waals surface area contributed by atoms with Gasteiger partial charge >= 0.3 is 5.97 Å². The van der Waals surface area contributed by atoms with Crippen molar-refractivity contribution in [2.75, 3.05) is 13.7 Å². The van der Waals surface area contributed by atoms with E-state index in [0.29, 0.717) is 32.3 Å². The Morgan fingerprint density at radius 2 is 1.77 bits per heavy atom. The van der Waals surface area contributed by atoms with Gasteiger partial charge in [0, 0.05) is 24.0 Å². The van der Waals surface area contributed by atoms with Gasteiger partial charge in [-0.3, -0.25) is 0 Å². The molecule has 0 amide bonds. The van der Waals surface area contributed by atoms with Gasteiger partial charge in [0.25, 0.3) is 0 Å². The molecule has 0 aromatic carbocycles. The van der Waals surface area contributed by atoms with Crippen molar-refractivity contribution in [3.05, 3.63) is 11.6 Å². The first kappa shape index (κ1) is 28.7. The third-order valence-electron chi connectivity index (χ3n) is 12.7. The number of aliphatic hydroxyl groups excluding tert-OH is 2. The predicted molar refractivity (Wildman–Crippen MR) is 143 cm³/mol. The van der Waals surface area contributed by atoms with Gasteiger partial charge in [-0.15, -0.1) is 0 Å². The number of cyclic esters (lactones) is 1. The van der Waals surface area contributed by atoms with Crippen molar-refractivity contribution >= 4 is 12.3 Å². The molecule has 4 saturated carbocycles. The van der Waals surface area contributed by atoms with E-state index in [0.717, 1.165) is 37.7 Å². The molecule has 4 aliphatic carbocycles. The van der Waals surface area contributed by atoms with Crippen LogP contribution in [-0.2, 0) is 28.5 Å². The maximum Gasteiger partial charge on any atom is 0.331 e. The third-order valence-corrected chi connectivity index (χ3v) is 12.7. The minimum Gasteiger partial charge on any atom is -0.458 e. The van der Waals surface area contributed by atoms with Crippen LogP contribution in [-0.4, -0.2) is 83.7 Å². The highest BCUT2D eigenvalue weighted by Crippen LogP contribution is 2.72.